The van der Waals surface area contributed by atoms with Gasteiger partial charge in [0.25, 0.3) is 0 Å². The van der Waals surface area contributed by atoms with Gasteiger partial charge in [0.05, 0.1) is 18.5 Å². The fourth-order valence-corrected chi connectivity index (χ4v) is 2.52. The first-order chi connectivity index (χ1) is 9.78. The Balaban J connectivity index is 2.02. The van der Waals surface area contributed by atoms with Crippen LogP contribution in [0.4, 0.5) is 0 Å². The molecule has 0 aliphatic rings. The zero-order chi connectivity index (χ0) is 13.9. The van der Waals surface area contributed by atoms with Crippen LogP contribution < -0.4 is 4.74 Å². The molecule has 3 aromatic rings. The first-order valence-corrected chi connectivity index (χ1v) is 7.02. The third-order valence-electron chi connectivity index (χ3n) is 3.10. The Hall–Kier alpha value is -2.07. The Labute approximate surface area is 125 Å². The van der Waals surface area contributed by atoms with Crippen LogP contribution >= 0.6 is 15.9 Å². The molecular weight excluding hydrogens is 316 g/mol. The first-order valence-electron chi connectivity index (χ1n) is 6.22. The highest BCUT2D eigenvalue weighted by molar-refractivity contribution is 9.10. The number of benzene rings is 2. The van der Waals surface area contributed by atoms with Gasteiger partial charge < -0.3 is 4.74 Å². The van der Waals surface area contributed by atoms with Gasteiger partial charge in [0.2, 0.25) is 0 Å². The summed E-state index contributed by atoms with van der Waals surface area (Å²) in [6, 6.07) is 18.0. The molecule has 1 aromatic heterocycles. The number of para-hydroxylation sites is 1. The summed E-state index contributed by atoms with van der Waals surface area (Å²) in [7, 11) is 1.67. The van der Waals surface area contributed by atoms with Crippen LogP contribution in [0.15, 0.2) is 59.1 Å². The standard InChI is InChI=1S/C16H13BrN2O/c1-20-16-8-3-2-7-13(16)15-10-14(18-19-15)11-5-4-6-12(17)9-11/h2-10H,1H3,(H,18,19). The van der Waals surface area contributed by atoms with Crippen molar-refractivity contribution in [1.82, 2.24) is 10.2 Å². The van der Waals surface area contributed by atoms with Gasteiger partial charge in [-0.25, -0.2) is 0 Å². The average molecular weight is 329 g/mol. The van der Waals surface area contributed by atoms with Gasteiger partial charge in [-0.2, -0.15) is 5.10 Å². The molecule has 0 saturated carbocycles. The monoisotopic (exact) mass is 328 g/mol. The molecule has 3 nitrogen and oxygen atoms in total. The van der Waals surface area contributed by atoms with Gasteiger partial charge in [-0.05, 0) is 30.3 Å². The number of nitrogens with zero attached hydrogens (tertiary/aromatic N) is 1. The van der Waals surface area contributed by atoms with E-state index in [9.17, 15) is 0 Å². The lowest BCUT2D eigenvalue weighted by Gasteiger charge is -2.05. The maximum absolute atomic E-state index is 5.38. The van der Waals surface area contributed by atoms with E-state index in [2.05, 4.69) is 26.1 Å². The fourth-order valence-electron chi connectivity index (χ4n) is 2.12. The number of ether oxygens (including phenoxy) is 1. The Kier molecular flexibility index (Phi) is 3.56. The van der Waals surface area contributed by atoms with E-state index in [0.717, 1.165) is 32.7 Å². The van der Waals surface area contributed by atoms with Crippen molar-refractivity contribution in [1.29, 1.82) is 0 Å². The normalized spacial score (nSPS) is 10.5. The van der Waals surface area contributed by atoms with Crippen molar-refractivity contribution in [3.05, 3.63) is 59.1 Å². The molecule has 2 aromatic carbocycles. The Morgan fingerprint density at radius 2 is 1.90 bits per heavy atom. The van der Waals surface area contributed by atoms with Crippen molar-refractivity contribution in [2.45, 2.75) is 0 Å². The van der Waals surface area contributed by atoms with Crippen LogP contribution in [-0.2, 0) is 0 Å². The lowest BCUT2D eigenvalue weighted by Crippen LogP contribution is -1.87. The van der Waals surface area contributed by atoms with Crippen molar-refractivity contribution >= 4 is 15.9 Å². The molecule has 4 heteroatoms. The first kappa shape index (κ1) is 12.9. The highest BCUT2D eigenvalue weighted by Gasteiger charge is 2.09. The summed E-state index contributed by atoms with van der Waals surface area (Å²) in [5.74, 6) is 0.831. The van der Waals surface area contributed by atoms with E-state index < -0.39 is 0 Å². The van der Waals surface area contributed by atoms with Gasteiger partial charge in [-0.3, -0.25) is 5.10 Å². The van der Waals surface area contributed by atoms with Gasteiger partial charge in [-0.15, -0.1) is 0 Å². The number of H-pyrrole nitrogens is 1. The van der Waals surface area contributed by atoms with Crippen molar-refractivity contribution in [3.63, 3.8) is 0 Å². The van der Waals surface area contributed by atoms with Gasteiger partial charge in [-0.1, -0.05) is 40.2 Å². The number of rotatable bonds is 3. The highest BCUT2D eigenvalue weighted by Crippen LogP contribution is 2.31. The van der Waals surface area contributed by atoms with Gasteiger partial charge in [0.15, 0.2) is 0 Å². The van der Waals surface area contributed by atoms with Gasteiger partial charge in [0.1, 0.15) is 5.75 Å². The number of aromatic nitrogens is 2. The maximum Gasteiger partial charge on any atom is 0.128 e. The largest absolute Gasteiger partial charge is 0.496 e. The minimum absolute atomic E-state index is 0.831. The number of aromatic amines is 1. The van der Waals surface area contributed by atoms with E-state index in [0.29, 0.717) is 0 Å². The minimum Gasteiger partial charge on any atom is -0.496 e. The molecule has 0 amide bonds. The quantitative estimate of drug-likeness (QED) is 0.767. The molecule has 1 N–H and O–H groups in total. The zero-order valence-electron chi connectivity index (χ0n) is 10.9. The molecule has 1 heterocycles. The third-order valence-corrected chi connectivity index (χ3v) is 3.59. The highest BCUT2D eigenvalue weighted by atomic mass is 79.9. The van der Waals surface area contributed by atoms with E-state index in [1.807, 2.05) is 54.6 Å². The Bertz CT molecular complexity index is 737. The van der Waals surface area contributed by atoms with Crippen molar-refractivity contribution < 1.29 is 4.74 Å². The molecule has 100 valence electrons. The molecular formula is C16H13BrN2O. The molecule has 0 fully saturated rings. The number of halogens is 1. The van der Waals surface area contributed by atoms with Gasteiger partial charge >= 0.3 is 0 Å². The molecule has 3 rings (SSSR count). The lowest BCUT2D eigenvalue weighted by molar-refractivity contribution is 0.416. The number of methoxy groups -OCH3 is 1. The maximum atomic E-state index is 5.38. The molecule has 0 spiro atoms. The third kappa shape index (κ3) is 2.47. The van der Waals surface area contributed by atoms with Crippen LogP contribution in [-0.4, -0.2) is 17.3 Å². The van der Waals surface area contributed by atoms with Crippen LogP contribution in [0.1, 0.15) is 0 Å². The Morgan fingerprint density at radius 1 is 1.05 bits per heavy atom. The van der Waals surface area contributed by atoms with Crippen LogP contribution in [0.25, 0.3) is 22.5 Å². The summed E-state index contributed by atoms with van der Waals surface area (Å²) < 4.78 is 6.42. The number of nitrogens with one attached hydrogen (secondary N) is 1. The second kappa shape index (κ2) is 5.51. The summed E-state index contributed by atoms with van der Waals surface area (Å²) in [4.78, 5) is 0. The van der Waals surface area contributed by atoms with Crippen molar-refractivity contribution in [2.24, 2.45) is 0 Å². The molecule has 0 aliphatic carbocycles. The molecule has 0 unspecified atom stereocenters. The Morgan fingerprint density at radius 3 is 2.70 bits per heavy atom. The van der Waals surface area contributed by atoms with Crippen molar-refractivity contribution in [2.75, 3.05) is 7.11 Å². The molecule has 0 saturated heterocycles. The van der Waals surface area contributed by atoms with E-state index in [-0.39, 0.29) is 0 Å². The van der Waals surface area contributed by atoms with E-state index in [4.69, 9.17) is 4.74 Å². The topological polar surface area (TPSA) is 37.9 Å². The lowest BCUT2D eigenvalue weighted by atomic mass is 10.1. The smallest absolute Gasteiger partial charge is 0.128 e. The molecule has 0 aliphatic heterocycles. The van der Waals surface area contributed by atoms with Crippen LogP contribution in [0.3, 0.4) is 0 Å². The second-order valence-electron chi connectivity index (χ2n) is 4.38. The summed E-state index contributed by atoms with van der Waals surface area (Å²) in [6.07, 6.45) is 0. The molecule has 0 atom stereocenters. The van der Waals surface area contributed by atoms with Crippen LogP contribution in [0, 0.1) is 0 Å². The SMILES string of the molecule is COc1ccccc1-c1cc(-c2cccc(Br)c2)n[nH]1. The predicted octanol–water partition coefficient (Wildman–Crippen LogP) is 4.51. The van der Waals surface area contributed by atoms with Crippen LogP contribution in [0.2, 0.25) is 0 Å². The molecule has 20 heavy (non-hydrogen) atoms. The van der Waals surface area contributed by atoms with Crippen LogP contribution in [0.5, 0.6) is 5.75 Å². The molecule has 0 bridgehead atoms. The number of hydrogen-bond acceptors (Lipinski definition) is 2. The summed E-state index contributed by atoms with van der Waals surface area (Å²) in [5, 5.41) is 7.45. The van der Waals surface area contributed by atoms with Crippen molar-refractivity contribution in [3.8, 4) is 28.3 Å². The average Bonchev–Trinajstić information content (AvgIpc) is 2.97. The zero-order valence-corrected chi connectivity index (χ0v) is 12.5. The minimum atomic E-state index is 0.831. The van der Waals surface area contributed by atoms with E-state index in [1.54, 1.807) is 7.11 Å². The summed E-state index contributed by atoms with van der Waals surface area (Å²) >= 11 is 3.48. The predicted molar refractivity (Wildman–Crippen MR) is 83.7 cm³/mol. The fraction of sp³-hybridized carbons (Fsp3) is 0.0625. The van der Waals surface area contributed by atoms with Gasteiger partial charge in [0, 0.05) is 15.6 Å². The van der Waals surface area contributed by atoms with E-state index in [1.165, 1.54) is 0 Å². The van der Waals surface area contributed by atoms with E-state index >= 15 is 0 Å². The summed E-state index contributed by atoms with van der Waals surface area (Å²) in [5.41, 5.74) is 3.92. The summed E-state index contributed by atoms with van der Waals surface area (Å²) in [6.45, 7) is 0. The number of hydrogen-bond donors (Lipinski definition) is 1. The molecule has 0 radical (unpaired) electrons. The second-order valence-corrected chi connectivity index (χ2v) is 5.29.